The summed E-state index contributed by atoms with van der Waals surface area (Å²) in [5.74, 6) is -0.0151. The molecule has 3 rings (SSSR count). The first kappa shape index (κ1) is 19.5. The van der Waals surface area contributed by atoms with Crippen molar-refractivity contribution in [3.63, 3.8) is 0 Å². The van der Waals surface area contributed by atoms with Gasteiger partial charge in [0.1, 0.15) is 6.33 Å². The summed E-state index contributed by atoms with van der Waals surface area (Å²) in [5, 5.41) is 14.9. The molecule has 0 aliphatic carbocycles. The van der Waals surface area contributed by atoms with Gasteiger partial charge in [-0.3, -0.25) is 14.9 Å². The van der Waals surface area contributed by atoms with E-state index in [1.54, 1.807) is 0 Å². The third-order valence-electron chi connectivity index (χ3n) is 5.17. The molecule has 1 N–H and O–H groups in total. The maximum atomic E-state index is 11.8. The second-order valence-electron chi connectivity index (χ2n) is 6.81. The molecule has 0 bridgehead atoms. The highest BCUT2D eigenvalue weighted by molar-refractivity contribution is 5.76. The Morgan fingerprint density at radius 3 is 2.64 bits per heavy atom. The number of benzene rings is 1. The fourth-order valence-electron chi connectivity index (χ4n) is 3.37. The number of esters is 1. The Bertz CT molecular complexity index is 894. The normalized spacial score (nSPS) is 14.6. The van der Waals surface area contributed by atoms with Crippen molar-refractivity contribution in [1.82, 2.24) is 9.97 Å². The van der Waals surface area contributed by atoms with Gasteiger partial charge < -0.3 is 15.0 Å². The number of methoxy groups -OCH3 is 1. The Balaban J connectivity index is 1.89. The van der Waals surface area contributed by atoms with Gasteiger partial charge in [-0.15, -0.1) is 0 Å². The van der Waals surface area contributed by atoms with Gasteiger partial charge in [0.05, 0.1) is 18.0 Å². The smallest absolute Gasteiger partial charge is 0.353 e. The minimum atomic E-state index is -0.463. The van der Waals surface area contributed by atoms with Crippen LogP contribution in [0.5, 0.6) is 0 Å². The van der Waals surface area contributed by atoms with Gasteiger partial charge in [-0.2, -0.15) is 0 Å². The molecule has 9 heteroatoms. The van der Waals surface area contributed by atoms with Crippen LogP contribution in [0, 0.1) is 29.9 Å². The number of anilines is 3. The Labute approximate surface area is 162 Å². The molecule has 148 valence electrons. The third-order valence-corrected chi connectivity index (χ3v) is 5.17. The third kappa shape index (κ3) is 3.88. The van der Waals surface area contributed by atoms with Gasteiger partial charge in [-0.05, 0) is 43.9 Å². The lowest BCUT2D eigenvalue weighted by Gasteiger charge is -2.31. The summed E-state index contributed by atoms with van der Waals surface area (Å²) in [6.45, 7) is 4.90. The first-order chi connectivity index (χ1) is 13.4. The summed E-state index contributed by atoms with van der Waals surface area (Å²) >= 11 is 0. The van der Waals surface area contributed by atoms with E-state index in [1.807, 2.05) is 36.9 Å². The highest BCUT2D eigenvalue weighted by Crippen LogP contribution is 2.36. The summed E-state index contributed by atoms with van der Waals surface area (Å²) in [4.78, 5) is 33.2. The molecule has 1 aromatic heterocycles. The number of aromatic nitrogens is 2. The van der Waals surface area contributed by atoms with Crippen LogP contribution in [0.2, 0.25) is 0 Å². The number of nitro groups is 1. The maximum Gasteiger partial charge on any atom is 0.353 e. The van der Waals surface area contributed by atoms with Crippen LogP contribution in [0.15, 0.2) is 24.5 Å². The van der Waals surface area contributed by atoms with Crippen molar-refractivity contribution < 1.29 is 14.5 Å². The van der Waals surface area contributed by atoms with E-state index in [4.69, 9.17) is 4.74 Å². The summed E-state index contributed by atoms with van der Waals surface area (Å²) in [7, 11) is 1.37. The van der Waals surface area contributed by atoms with Gasteiger partial charge in [0.25, 0.3) is 0 Å². The van der Waals surface area contributed by atoms with E-state index in [-0.39, 0.29) is 29.2 Å². The molecule has 0 spiro atoms. The zero-order valence-electron chi connectivity index (χ0n) is 16.1. The Hall–Kier alpha value is -3.23. The van der Waals surface area contributed by atoms with Gasteiger partial charge in [-0.1, -0.05) is 12.1 Å². The van der Waals surface area contributed by atoms with E-state index in [9.17, 15) is 14.9 Å². The van der Waals surface area contributed by atoms with Crippen molar-refractivity contribution in [2.45, 2.75) is 26.7 Å². The molecule has 1 aromatic carbocycles. The number of hydrogen-bond acceptors (Lipinski definition) is 8. The summed E-state index contributed by atoms with van der Waals surface area (Å²) < 4.78 is 4.80. The van der Waals surface area contributed by atoms with Crippen molar-refractivity contribution >= 4 is 29.0 Å². The summed E-state index contributed by atoms with van der Waals surface area (Å²) in [6.07, 6.45) is 2.45. The maximum absolute atomic E-state index is 11.8. The molecule has 2 heterocycles. The molecule has 2 aromatic rings. The predicted molar refractivity (Wildman–Crippen MR) is 105 cm³/mol. The highest BCUT2D eigenvalue weighted by atomic mass is 16.6. The van der Waals surface area contributed by atoms with E-state index in [0.717, 1.165) is 16.8 Å². The minimum Gasteiger partial charge on any atom is -0.469 e. The SMILES string of the molecule is COC(=O)C1CCN(c2ncnc(Nc3cccc(C)c3C)c2[N+](=O)[O-])CC1. The quantitative estimate of drug-likeness (QED) is 0.475. The molecule has 1 fully saturated rings. The van der Waals surface area contributed by atoms with Crippen LogP contribution in [-0.2, 0) is 9.53 Å². The zero-order chi connectivity index (χ0) is 20.3. The predicted octanol–water partition coefficient (Wildman–Crippen LogP) is 3.13. The number of rotatable bonds is 5. The van der Waals surface area contributed by atoms with E-state index in [1.165, 1.54) is 13.4 Å². The molecular formula is C19H23N5O4. The lowest BCUT2D eigenvalue weighted by molar-refractivity contribution is -0.383. The number of nitrogens with zero attached hydrogens (tertiary/aromatic N) is 4. The molecule has 0 saturated carbocycles. The van der Waals surface area contributed by atoms with E-state index < -0.39 is 4.92 Å². The molecule has 28 heavy (non-hydrogen) atoms. The van der Waals surface area contributed by atoms with Crippen molar-refractivity contribution in [2.24, 2.45) is 5.92 Å². The first-order valence-electron chi connectivity index (χ1n) is 9.07. The standard InChI is InChI=1S/C19H23N5O4/c1-12-5-4-6-15(13(12)2)22-17-16(24(26)27)18(21-11-20-17)23-9-7-14(8-10-23)19(25)28-3/h4-6,11,14H,7-10H2,1-3H3,(H,20,21,22). The Kier molecular flexibility index (Phi) is 5.72. The van der Waals surface area contributed by atoms with Crippen molar-refractivity contribution in [3.8, 4) is 0 Å². The molecule has 1 saturated heterocycles. The molecule has 0 unspecified atom stereocenters. The number of ether oxygens (including phenoxy) is 1. The number of nitrogens with one attached hydrogen (secondary N) is 1. The molecule has 0 atom stereocenters. The van der Waals surface area contributed by atoms with Gasteiger partial charge in [0.2, 0.25) is 11.6 Å². The van der Waals surface area contributed by atoms with E-state index >= 15 is 0 Å². The second kappa shape index (κ2) is 8.20. The summed E-state index contributed by atoms with van der Waals surface area (Å²) in [5.41, 5.74) is 2.67. The molecule has 1 aliphatic rings. The second-order valence-corrected chi connectivity index (χ2v) is 6.81. The molecular weight excluding hydrogens is 362 g/mol. The molecule has 0 amide bonds. The minimum absolute atomic E-state index is 0.152. The Morgan fingerprint density at radius 1 is 1.29 bits per heavy atom. The molecule has 0 radical (unpaired) electrons. The number of hydrogen-bond donors (Lipinski definition) is 1. The topological polar surface area (TPSA) is 110 Å². The van der Waals surface area contributed by atoms with Crippen LogP contribution in [0.25, 0.3) is 0 Å². The Morgan fingerprint density at radius 2 is 2.00 bits per heavy atom. The highest BCUT2D eigenvalue weighted by Gasteiger charge is 2.32. The fraction of sp³-hybridized carbons (Fsp3) is 0.421. The van der Waals surface area contributed by atoms with Crippen LogP contribution >= 0.6 is 0 Å². The average molecular weight is 385 g/mol. The first-order valence-corrected chi connectivity index (χ1v) is 9.07. The van der Waals surface area contributed by atoms with Crippen LogP contribution < -0.4 is 10.2 Å². The molecule has 1 aliphatic heterocycles. The lowest BCUT2D eigenvalue weighted by atomic mass is 9.97. The largest absolute Gasteiger partial charge is 0.469 e. The van der Waals surface area contributed by atoms with Crippen LogP contribution in [-0.4, -0.2) is 41.1 Å². The van der Waals surface area contributed by atoms with Crippen LogP contribution in [0.3, 0.4) is 0 Å². The number of carbonyl (C=O) groups excluding carboxylic acids is 1. The number of aryl methyl sites for hydroxylation is 1. The van der Waals surface area contributed by atoms with Crippen molar-refractivity contribution in [3.05, 3.63) is 45.8 Å². The van der Waals surface area contributed by atoms with E-state index in [2.05, 4.69) is 15.3 Å². The van der Waals surface area contributed by atoms with Crippen molar-refractivity contribution in [1.29, 1.82) is 0 Å². The zero-order valence-corrected chi connectivity index (χ0v) is 16.1. The van der Waals surface area contributed by atoms with Gasteiger partial charge >= 0.3 is 11.7 Å². The van der Waals surface area contributed by atoms with Crippen molar-refractivity contribution in [2.75, 3.05) is 30.4 Å². The average Bonchev–Trinajstić information content (AvgIpc) is 2.70. The monoisotopic (exact) mass is 385 g/mol. The van der Waals surface area contributed by atoms with Gasteiger partial charge in [-0.25, -0.2) is 9.97 Å². The van der Waals surface area contributed by atoms with Gasteiger partial charge in [0.15, 0.2) is 0 Å². The van der Waals surface area contributed by atoms with Crippen LogP contribution in [0.4, 0.5) is 23.0 Å². The molecule has 9 nitrogen and oxygen atoms in total. The number of carbonyl (C=O) groups is 1. The van der Waals surface area contributed by atoms with Gasteiger partial charge in [0, 0.05) is 18.8 Å². The van der Waals surface area contributed by atoms with Crippen LogP contribution in [0.1, 0.15) is 24.0 Å². The lowest BCUT2D eigenvalue weighted by Crippen LogP contribution is -2.37. The van der Waals surface area contributed by atoms with E-state index in [0.29, 0.717) is 25.9 Å². The fourth-order valence-corrected chi connectivity index (χ4v) is 3.37. The number of piperidine rings is 1. The summed E-state index contributed by atoms with van der Waals surface area (Å²) in [6, 6.07) is 5.72.